The first-order valence-electron chi connectivity index (χ1n) is 11.1. The lowest BCUT2D eigenvalue weighted by Gasteiger charge is -2.37. The Morgan fingerprint density at radius 2 is 1.73 bits per heavy atom. The summed E-state index contributed by atoms with van der Waals surface area (Å²) in [7, 11) is 0. The Kier molecular flexibility index (Phi) is 5.92. The van der Waals surface area contributed by atoms with Gasteiger partial charge in [0, 0.05) is 31.2 Å². The van der Waals surface area contributed by atoms with Crippen molar-refractivity contribution < 1.29 is 4.79 Å². The van der Waals surface area contributed by atoms with Crippen molar-refractivity contribution in [3.63, 3.8) is 0 Å². The van der Waals surface area contributed by atoms with E-state index < -0.39 is 0 Å². The van der Waals surface area contributed by atoms with Gasteiger partial charge in [-0.1, -0.05) is 54.1 Å². The van der Waals surface area contributed by atoms with Crippen LogP contribution in [0.3, 0.4) is 0 Å². The first-order valence-corrected chi connectivity index (χ1v) is 11.4. The molecule has 9 heteroatoms. The number of amides is 1. The summed E-state index contributed by atoms with van der Waals surface area (Å²) in [5, 5.41) is 9.31. The molecule has 3 heterocycles. The zero-order valence-corrected chi connectivity index (χ0v) is 19.1. The quantitative estimate of drug-likeness (QED) is 0.450. The summed E-state index contributed by atoms with van der Waals surface area (Å²) in [4.78, 5) is 26.2. The molecule has 0 aliphatic carbocycles. The molecular formula is C24H24ClN7O. The van der Waals surface area contributed by atoms with Gasteiger partial charge in [0.2, 0.25) is 5.91 Å². The minimum atomic E-state index is -0.109. The van der Waals surface area contributed by atoms with Gasteiger partial charge in [0.05, 0.1) is 11.6 Å². The van der Waals surface area contributed by atoms with Crippen LogP contribution in [0.1, 0.15) is 24.8 Å². The highest BCUT2D eigenvalue weighted by atomic mass is 35.5. The summed E-state index contributed by atoms with van der Waals surface area (Å²) in [6, 6.07) is 17.4. The molecule has 2 aromatic carbocycles. The summed E-state index contributed by atoms with van der Waals surface area (Å²) >= 11 is 6.01. The van der Waals surface area contributed by atoms with E-state index in [1.54, 1.807) is 4.68 Å². The van der Waals surface area contributed by atoms with Crippen LogP contribution in [0.4, 0.5) is 5.82 Å². The zero-order chi connectivity index (χ0) is 22.8. The second-order valence-corrected chi connectivity index (χ2v) is 8.47. The fourth-order valence-electron chi connectivity index (χ4n) is 4.32. The van der Waals surface area contributed by atoms with Gasteiger partial charge in [-0.2, -0.15) is 4.68 Å². The molecule has 0 saturated carbocycles. The van der Waals surface area contributed by atoms with Crippen LogP contribution in [-0.2, 0) is 4.79 Å². The normalized spacial score (nSPS) is 15.1. The van der Waals surface area contributed by atoms with Gasteiger partial charge in [-0.15, -0.1) is 5.10 Å². The second-order valence-electron chi connectivity index (χ2n) is 8.03. The van der Waals surface area contributed by atoms with Crippen molar-refractivity contribution in [1.29, 1.82) is 0 Å². The van der Waals surface area contributed by atoms with E-state index in [0.717, 1.165) is 23.5 Å². The first-order chi connectivity index (χ1) is 16.2. The maximum absolute atomic E-state index is 13.2. The highest BCUT2D eigenvalue weighted by molar-refractivity contribution is 6.30. The molecule has 1 amide bonds. The number of carbonyl (C=O) groups excluding carboxylic acids is 1. The average Bonchev–Trinajstić information content (AvgIpc) is 3.30. The van der Waals surface area contributed by atoms with Crippen molar-refractivity contribution in [2.45, 2.75) is 19.3 Å². The second kappa shape index (κ2) is 9.15. The van der Waals surface area contributed by atoms with Gasteiger partial charge in [0.1, 0.15) is 6.33 Å². The van der Waals surface area contributed by atoms with Crippen molar-refractivity contribution in [1.82, 2.24) is 29.9 Å². The number of carbonyl (C=O) groups is 1. The van der Waals surface area contributed by atoms with E-state index in [0.29, 0.717) is 42.4 Å². The Morgan fingerprint density at radius 1 is 1.00 bits per heavy atom. The summed E-state index contributed by atoms with van der Waals surface area (Å²) in [6.45, 7) is 4.69. The predicted molar refractivity (Wildman–Crippen MR) is 128 cm³/mol. The Bertz CT molecular complexity index is 1250. The number of halogens is 1. The van der Waals surface area contributed by atoms with E-state index >= 15 is 0 Å². The smallest absolute Gasteiger partial charge is 0.230 e. The molecule has 0 spiro atoms. The van der Waals surface area contributed by atoms with E-state index in [-0.39, 0.29) is 11.8 Å². The number of piperazine rings is 1. The summed E-state index contributed by atoms with van der Waals surface area (Å²) in [6.07, 6.45) is 2.32. The third-order valence-corrected chi connectivity index (χ3v) is 6.34. The zero-order valence-electron chi connectivity index (χ0n) is 18.3. The number of hydrogen-bond acceptors (Lipinski definition) is 6. The predicted octanol–water partition coefficient (Wildman–Crippen LogP) is 3.71. The van der Waals surface area contributed by atoms with Crippen LogP contribution in [0, 0.1) is 0 Å². The van der Waals surface area contributed by atoms with E-state index in [1.165, 1.54) is 6.33 Å². The fraction of sp³-hybridized carbons (Fsp3) is 0.292. The number of hydrogen-bond donors (Lipinski definition) is 0. The molecule has 1 aliphatic rings. The number of benzene rings is 2. The van der Waals surface area contributed by atoms with Crippen LogP contribution in [0.15, 0.2) is 60.9 Å². The van der Waals surface area contributed by atoms with Gasteiger partial charge < -0.3 is 9.80 Å². The number of fused-ring (bicyclic) bond motifs is 1. The summed E-state index contributed by atoms with van der Waals surface area (Å²) < 4.78 is 1.68. The SMILES string of the molecule is CC[C@H](C(=O)N1CCN(c2ncnc3c2nnn3-c2ccc(Cl)cc2)CC1)c1ccccc1. The molecule has 4 aromatic rings. The van der Waals surface area contributed by atoms with Crippen molar-refractivity contribution >= 4 is 34.5 Å². The van der Waals surface area contributed by atoms with Crippen LogP contribution in [0.25, 0.3) is 16.9 Å². The van der Waals surface area contributed by atoms with Crippen LogP contribution in [0.5, 0.6) is 0 Å². The molecular weight excluding hydrogens is 438 g/mol. The Hall–Kier alpha value is -3.52. The van der Waals surface area contributed by atoms with Gasteiger partial charge in [0.15, 0.2) is 17.0 Å². The van der Waals surface area contributed by atoms with E-state index in [1.807, 2.05) is 59.5 Å². The van der Waals surface area contributed by atoms with Crippen LogP contribution < -0.4 is 4.90 Å². The summed E-state index contributed by atoms with van der Waals surface area (Å²) in [5.41, 5.74) is 3.18. The Labute approximate surface area is 196 Å². The maximum Gasteiger partial charge on any atom is 0.230 e. The van der Waals surface area contributed by atoms with Crippen LogP contribution >= 0.6 is 11.6 Å². The third kappa shape index (κ3) is 4.14. The van der Waals surface area contributed by atoms with Crippen molar-refractivity contribution in [3.05, 3.63) is 71.5 Å². The minimum absolute atomic E-state index is 0.109. The Balaban J connectivity index is 1.33. The van der Waals surface area contributed by atoms with Gasteiger partial charge in [0.25, 0.3) is 0 Å². The minimum Gasteiger partial charge on any atom is -0.351 e. The van der Waals surface area contributed by atoms with Crippen molar-refractivity contribution in [3.8, 4) is 5.69 Å². The van der Waals surface area contributed by atoms with Gasteiger partial charge >= 0.3 is 0 Å². The molecule has 0 bridgehead atoms. The molecule has 0 N–H and O–H groups in total. The average molecular weight is 462 g/mol. The first kappa shape index (κ1) is 21.3. The molecule has 168 valence electrons. The van der Waals surface area contributed by atoms with Crippen molar-refractivity contribution in [2.24, 2.45) is 0 Å². The maximum atomic E-state index is 13.2. The standard InChI is InChI=1S/C24H24ClN7O/c1-2-20(17-6-4-3-5-7-17)24(33)31-14-12-30(13-15-31)22-21-23(27-16-26-22)32(29-28-21)19-10-8-18(25)9-11-19/h3-11,16,20H,2,12-15H2,1H3/t20-/m0/s1. The Morgan fingerprint density at radius 3 is 2.42 bits per heavy atom. The van der Waals surface area contributed by atoms with Crippen LogP contribution in [0.2, 0.25) is 5.02 Å². The van der Waals surface area contributed by atoms with Crippen LogP contribution in [-0.4, -0.2) is 61.9 Å². The highest BCUT2D eigenvalue weighted by Gasteiger charge is 2.29. The van der Waals surface area contributed by atoms with E-state index in [4.69, 9.17) is 11.6 Å². The van der Waals surface area contributed by atoms with Gasteiger partial charge in [-0.25, -0.2) is 9.97 Å². The van der Waals surface area contributed by atoms with E-state index in [9.17, 15) is 4.79 Å². The molecule has 1 saturated heterocycles. The lowest BCUT2D eigenvalue weighted by Crippen LogP contribution is -2.50. The number of aromatic nitrogens is 5. The third-order valence-electron chi connectivity index (χ3n) is 6.09. The van der Waals surface area contributed by atoms with Gasteiger partial charge in [-0.3, -0.25) is 4.79 Å². The highest BCUT2D eigenvalue weighted by Crippen LogP contribution is 2.26. The number of rotatable bonds is 5. The lowest BCUT2D eigenvalue weighted by molar-refractivity contribution is -0.133. The number of nitrogens with zero attached hydrogens (tertiary/aromatic N) is 7. The largest absolute Gasteiger partial charge is 0.351 e. The van der Waals surface area contributed by atoms with Gasteiger partial charge in [-0.05, 0) is 36.2 Å². The molecule has 0 radical (unpaired) electrons. The molecule has 0 unspecified atom stereocenters. The van der Waals surface area contributed by atoms with E-state index in [2.05, 4.69) is 32.1 Å². The number of anilines is 1. The summed E-state index contributed by atoms with van der Waals surface area (Å²) in [5.74, 6) is 0.815. The molecule has 33 heavy (non-hydrogen) atoms. The molecule has 8 nitrogen and oxygen atoms in total. The molecule has 1 aliphatic heterocycles. The molecule has 1 fully saturated rings. The molecule has 5 rings (SSSR count). The molecule has 2 aromatic heterocycles. The topological polar surface area (TPSA) is 80.0 Å². The molecule has 1 atom stereocenters. The lowest BCUT2D eigenvalue weighted by atomic mass is 9.95. The van der Waals surface area contributed by atoms with Crippen molar-refractivity contribution in [2.75, 3.05) is 31.1 Å². The monoisotopic (exact) mass is 461 g/mol. The fourth-order valence-corrected chi connectivity index (χ4v) is 4.45.